The van der Waals surface area contributed by atoms with Gasteiger partial charge in [0.25, 0.3) is 11.8 Å². The van der Waals surface area contributed by atoms with Gasteiger partial charge in [-0.3, -0.25) is 14.5 Å². The van der Waals surface area contributed by atoms with Crippen LogP contribution in [0.5, 0.6) is 0 Å². The molecule has 0 heterocycles. The van der Waals surface area contributed by atoms with Crippen LogP contribution in [0.2, 0.25) is 0 Å². The Bertz CT molecular complexity index is 980. The van der Waals surface area contributed by atoms with Crippen molar-refractivity contribution in [2.24, 2.45) is 0 Å². The number of rotatable bonds is 7. The van der Waals surface area contributed by atoms with Crippen molar-refractivity contribution in [2.45, 2.75) is 18.7 Å². The number of sulfone groups is 1. The Hall–Kier alpha value is -3.18. The van der Waals surface area contributed by atoms with E-state index in [0.29, 0.717) is 10.5 Å². The Morgan fingerprint density at radius 1 is 1.11 bits per heavy atom. The Morgan fingerprint density at radius 2 is 1.71 bits per heavy atom. The second kappa shape index (κ2) is 9.15. The molecule has 2 aromatic rings. The second-order valence-electron chi connectivity index (χ2n) is 6.43. The summed E-state index contributed by atoms with van der Waals surface area (Å²) in [6.45, 7) is 1.89. The molecule has 146 valence electrons. The second-order valence-corrected chi connectivity index (χ2v) is 8.54. The van der Waals surface area contributed by atoms with Gasteiger partial charge in [-0.2, -0.15) is 5.26 Å². The Kier molecular flexibility index (Phi) is 6.90. The number of amides is 2. The van der Waals surface area contributed by atoms with Crippen LogP contribution < -0.4 is 5.32 Å². The molecule has 0 aliphatic rings. The number of hydrogen-bond donors (Lipinski definition) is 1. The van der Waals surface area contributed by atoms with Gasteiger partial charge in [0.05, 0.1) is 11.5 Å². The van der Waals surface area contributed by atoms with Crippen molar-refractivity contribution in [2.75, 3.05) is 12.8 Å². The maximum Gasteiger partial charge on any atom is 0.258 e. The number of nitriles is 1. The van der Waals surface area contributed by atoms with Gasteiger partial charge in [0.15, 0.2) is 16.0 Å². The maximum absolute atomic E-state index is 12.6. The van der Waals surface area contributed by atoms with E-state index < -0.39 is 33.4 Å². The van der Waals surface area contributed by atoms with Crippen LogP contribution >= 0.6 is 0 Å². The first kappa shape index (κ1) is 21.1. The SMILES string of the molecule is Cc1ccc(CS(=O)(=O)C[C@H](NC(=O)c2ccccc2)C(=O)N(C)C#N)cc1. The third-order valence-corrected chi connectivity index (χ3v) is 5.66. The largest absolute Gasteiger partial charge is 0.339 e. The molecule has 2 rings (SSSR count). The monoisotopic (exact) mass is 399 g/mol. The molecule has 1 atom stereocenters. The van der Waals surface area contributed by atoms with Gasteiger partial charge < -0.3 is 5.32 Å². The summed E-state index contributed by atoms with van der Waals surface area (Å²) in [6, 6.07) is 13.8. The van der Waals surface area contributed by atoms with Crippen molar-refractivity contribution >= 4 is 21.7 Å². The summed E-state index contributed by atoms with van der Waals surface area (Å²) in [5.41, 5.74) is 1.87. The standard InChI is InChI=1S/C20H21N3O4S/c1-15-8-10-16(11-9-15)12-28(26,27)13-18(20(25)23(2)14-21)22-19(24)17-6-4-3-5-7-17/h3-11,18H,12-13H2,1-2H3,(H,22,24)/t18-/m0/s1. The van der Waals surface area contributed by atoms with Crippen molar-refractivity contribution in [1.29, 1.82) is 5.26 Å². The molecule has 0 unspecified atom stereocenters. The molecule has 0 spiro atoms. The zero-order valence-corrected chi connectivity index (χ0v) is 16.4. The van der Waals surface area contributed by atoms with E-state index in [0.717, 1.165) is 5.56 Å². The minimum atomic E-state index is -3.73. The molecule has 0 radical (unpaired) electrons. The molecule has 7 nitrogen and oxygen atoms in total. The molecular weight excluding hydrogens is 378 g/mol. The fraction of sp³-hybridized carbons (Fsp3) is 0.250. The number of nitrogens with zero attached hydrogens (tertiary/aromatic N) is 2. The van der Waals surface area contributed by atoms with Gasteiger partial charge in [-0.1, -0.05) is 48.0 Å². The molecule has 8 heteroatoms. The summed E-state index contributed by atoms with van der Waals surface area (Å²) in [7, 11) is -2.51. The molecule has 0 saturated heterocycles. The van der Waals surface area contributed by atoms with Crippen LogP contribution in [0.3, 0.4) is 0 Å². The quantitative estimate of drug-likeness (QED) is 0.563. The van der Waals surface area contributed by atoms with Gasteiger partial charge in [-0.15, -0.1) is 0 Å². The van der Waals surface area contributed by atoms with Gasteiger partial charge in [-0.05, 0) is 24.6 Å². The predicted octanol–water partition coefficient (Wildman–Crippen LogP) is 1.65. The molecule has 0 aliphatic carbocycles. The van der Waals surface area contributed by atoms with Crippen molar-refractivity contribution in [1.82, 2.24) is 10.2 Å². The first-order chi connectivity index (χ1) is 13.2. The normalized spacial score (nSPS) is 11.9. The van der Waals surface area contributed by atoms with Crippen LogP contribution in [0.1, 0.15) is 21.5 Å². The number of carbonyl (C=O) groups excluding carboxylic acids is 2. The van der Waals surface area contributed by atoms with Gasteiger partial charge in [0, 0.05) is 12.6 Å². The van der Waals surface area contributed by atoms with Crippen molar-refractivity contribution in [3.63, 3.8) is 0 Å². The van der Waals surface area contributed by atoms with Crippen LogP contribution in [0.4, 0.5) is 0 Å². The van der Waals surface area contributed by atoms with E-state index in [4.69, 9.17) is 5.26 Å². The lowest BCUT2D eigenvalue weighted by atomic mass is 10.2. The highest BCUT2D eigenvalue weighted by Gasteiger charge is 2.30. The van der Waals surface area contributed by atoms with Crippen molar-refractivity contribution in [3.8, 4) is 6.19 Å². The molecule has 2 aromatic carbocycles. The zero-order chi connectivity index (χ0) is 20.7. The van der Waals surface area contributed by atoms with Crippen LogP contribution in [0, 0.1) is 18.4 Å². The van der Waals surface area contributed by atoms with E-state index in [-0.39, 0.29) is 11.3 Å². The Labute approximate surface area is 164 Å². The summed E-state index contributed by atoms with van der Waals surface area (Å²) in [6.07, 6.45) is 1.64. The fourth-order valence-corrected chi connectivity index (χ4v) is 4.09. The van der Waals surface area contributed by atoms with E-state index in [1.165, 1.54) is 7.05 Å². The molecule has 1 N–H and O–H groups in total. The minimum absolute atomic E-state index is 0.269. The lowest BCUT2D eigenvalue weighted by molar-refractivity contribution is -0.128. The number of hydrogen-bond acceptors (Lipinski definition) is 5. The molecule has 28 heavy (non-hydrogen) atoms. The molecule has 0 aromatic heterocycles. The number of aryl methyl sites for hydroxylation is 1. The van der Waals surface area contributed by atoms with E-state index in [2.05, 4.69) is 5.32 Å². The van der Waals surface area contributed by atoms with Crippen LogP contribution in [0.15, 0.2) is 54.6 Å². The van der Waals surface area contributed by atoms with E-state index in [9.17, 15) is 18.0 Å². The molecule has 0 saturated carbocycles. The van der Waals surface area contributed by atoms with E-state index >= 15 is 0 Å². The topological polar surface area (TPSA) is 107 Å². The third-order valence-electron chi connectivity index (χ3n) is 4.05. The van der Waals surface area contributed by atoms with Gasteiger partial charge >= 0.3 is 0 Å². The van der Waals surface area contributed by atoms with Crippen LogP contribution in [-0.4, -0.2) is 44.0 Å². The van der Waals surface area contributed by atoms with E-state index in [1.807, 2.05) is 6.92 Å². The zero-order valence-electron chi connectivity index (χ0n) is 15.6. The van der Waals surface area contributed by atoms with Crippen LogP contribution in [-0.2, 0) is 20.4 Å². The summed E-state index contributed by atoms with van der Waals surface area (Å²) in [5.74, 6) is -2.26. The van der Waals surface area contributed by atoms with Crippen molar-refractivity contribution in [3.05, 3.63) is 71.3 Å². The smallest absolute Gasteiger partial charge is 0.258 e. The molecular formula is C20H21N3O4S. The minimum Gasteiger partial charge on any atom is -0.339 e. The first-order valence-corrected chi connectivity index (χ1v) is 10.3. The Balaban J connectivity index is 2.21. The van der Waals surface area contributed by atoms with Gasteiger partial charge in [-0.25, -0.2) is 8.42 Å². The number of carbonyl (C=O) groups is 2. The third kappa shape index (κ3) is 5.93. The molecule has 0 fully saturated rings. The molecule has 0 bridgehead atoms. The molecule has 0 aliphatic heterocycles. The van der Waals surface area contributed by atoms with Crippen LogP contribution in [0.25, 0.3) is 0 Å². The lowest BCUT2D eigenvalue weighted by Crippen LogP contribution is -2.50. The summed E-state index contributed by atoms with van der Waals surface area (Å²) >= 11 is 0. The van der Waals surface area contributed by atoms with Gasteiger partial charge in [0.1, 0.15) is 6.04 Å². The summed E-state index contributed by atoms with van der Waals surface area (Å²) in [4.78, 5) is 25.5. The number of benzene rings is 2. The number of nitrogens with one attached hydrogen (secondary N) is 1. The summed E-state index contributed by atoms with van der Waals surface area (Å²) in [5, 5.41) is 11.4. The van der Waals surface area contributed by atoms with Gasteiger partial charge in [0.2, 0.25) is 0 Å². The first-order valence-electron chi connectivity index (χ1n) is 8.51. The number of likely N-dealkylation sites (N-methyl/N-ethyl adjacent to an activating group) is 1. The molecule has 2 amide bonds. The highest BCUT2D eigenvalue weighted by Crippen LogP contribution is 2.11. The average Bonchev–Trinajstić information content (AvgIpc) is 2.68. The maximum atomic E-state index is 12.6. The highest BCUT2D eigenvalue weighted by atomic mass is 32.2. The Morgan fingerprint density at radius 3 is 2.29 bits per heavy atom. The van der Waals surface area contributed by atoms with Crippen molar-refractivity contribution < 1.29 is 18.0 Å². The fourth-order valence-electron chi connectivity index (χ4n) is 2.54. The highest BCUT2D eigenvalue weighted by molar-refractivity contribution is 7.90. The predicted molar refractivity (Wildman–Crippen MR) is 105 cm³/mol. The lowest BCUT2D eigenvalue weighted by Gasteiger charge is -2.20. The van der Waals surface area contributed by atoms with E-state index in [1.54, 1.807) is 60.8 Å². The summed E-state index contributed by atoms with van der Waals surface area (Å²) < 4.78 is 25.2. The average molecular weight is 399 g/mol.